The molecule has 0 saturated carbocycles. The Balaban J connectivity index is 1.46. The summed E-state index contributed by atoms with van der Waals surface area (Å²) in [6.07, 6.45) is 4.05. The van der Waals surface area contributed by atoms with Crippen LogP contribution in [-0.2, 0) is 17.6 Å². The van der Waals surface area contributed by atoms with Gasteiger partial charge >= 0.3 is 0 Å². The number of thioether (sulfide) groups is 1. The first-order valence-electron chi connectivity index (χ1n) is 12.1. The second-order valence-electron chi connectivity index (χ2n) is 8.63. The molecule has 5 rings (SSSR count). The molecule has 2 aromatic carbocycles. The van der Waals surface area contributed by atoms with E-state index >= 15 is 0 Å². The molecular weight excluding hydrogens is 508 g/mol. The molecule has 0 spiro atoms. The summed E-state index contributed by atoms with van der Waals surface area (Å²) in [6, 6.07) is 13.7. The highest BCUT2D eigenvalue weighted by molar-refractivity contribution is 7.99. The van der Waals surface area contributed by atoms with Crippen LogP contribution in [0.25, 0.3) is 15.9 Å². The summed E-state index contributed by atoms with van der Waals surface area (Å²) in [4.78, 5) is 44.7. The lowest BCUT2D eigenvalue weighted by Crippen LogP contribution is -2.23. The molecule has 2 aromatic heterocycles. The van der Waals surface area contributed by atoms with Gasteiger partial charge in [0, 0.05) is 16.1 Å². The molecule has 0 saturated heterocycles. The van der Waals surface area contributed by atoms with Crippen LogP contribution in [0.5, 0.6) is 5.75 Å². The largest absolute Gasteiger partial charge is 0.494 e. The fraction of sp³-hybridized carbons (Fsp3) is 0.259. The van der Waals surface area contributed by atoms with Gasteiger partial charge in [0.05, 0.1) is 23.4 Å². The topological polar surface area (TPSA) is 116 Å². The van der Waals surface area contributed by atoms with Crippen molar-refractivity contribution >= 4 is 50.8 Å². The standard InChI is InChI=1S/C27H26N4O4S2/c1-2-35-19-13-11-18(12-14-19)31-26(34)23-20-5-3-4-6-21(20)37-25(23)30-27(31)36-15-22(32)29-17-9-7-16(8-10-17)24(28)33/h7-14H,2-6,15H2,1H3,(H2,28,33)(H,29,32). The Morgan fingerprint density at radius 1 is 1.11 bits per heavy atom. The van der Waals surface area contributed by atoms with E-state index in [2.05, 4.69) is 5.32 Å². The van der Waals surface area contributed by atoms with E-state index in [-0.39, 0.29) is 17.2 Å². The second kappa shape index (κ2) is 10.8. The third kappa shape index (κ3) is 5.26. The molecule has 0 aliphatic heterocycles. The molecule has 1 aliphatic rings. The van der Waals surface area contributed by atoms with Crippen molar-refractivity contribution < 1.29 is 14.3 Å². The minimum Gasteiger partial charge on any atom is -0.494 e. The molecule has 0 fully saturated rings. The maximum atomic E-state index is 13.9. The Morgan fingerprint density at radius 3 is 2.54 bits per heavy atom. The first-order chi connectivity index (χ1) is 17.9. The molecule has 37 heavy (non-hydrogen) atoms. The fourth-order valence-electron chi connectivity index (χ4n) is 4.41. The zero-order chi connectivity index (χ0) is 25.9. The molecule has 0 bridgehead atoms. The van der Waals surface area contributed by atoms with Crippen LogP contribution in [0.2, 0.25) is 0 Å². The summed E-state index contributed by atoms with van der Waals surface area (Å²) in [7, 11) is 0. The number of aryl methyl sites for hydroxylation is 2. The van der Waals surface area contributed by atoms with Gasteiger partial charge in [0.15, 0.2) is 5.16 Å². The molecule has 2 amide bonds. The summed E-state index contributed by atoms with van der Waals surface area (Å²) in [5, 5.41) is 3.96. The molecule has 0 atom stereocenters. The summed E-state index contributed by atoms with van der Waals surface area (Å²) in [6.45, 7) is 2.47. The van der Waals surface area contributed by atoms with Crippen LogP contribution in [0, 0.1) is 0 Å². The number of nitrogens with zero attached hydrogens (tertiary/aromatic N) is 2. The Morgan fingerprint density at radius 2 is 1.84 bits per heavy atom. The van der Waals surface area contributed by atoms with E-state index in [4.69, 9.17) is 15.5 Å². The first kappa shape index (κ1) is 25.0. The molecular formula is C27H26N4O4S2. The lowest BCUT2D eigenvalue weighted by atomic mass is 9.97. The van der Waals surface area contributed by atoms with Crippen molar-refractivity contribution in [1.82, 2.24) is 9.55 Å². The summed E-state index contributed by atoms with van der Waals surface area (Å²) >= 11 is 2.79. The summed E-state index contributed by atoms with van der Waals surface area (Å²) < 4.78 is 7.16. The van der Waals surface area contributed by atoms with E-state index in [0.29, 0.717) is 34.1 Å². The van der Waals surface area contributed by atoms with E-state index in [9.17, 15) is 14.4 Å². The number of nitrogens with two attached hydrogens (primary N) is 1. The van der Waals surface area contributed by atoms with Gasteiger partial charge in [-0.3, -0.25) is 19.0 Å². The molecule has 0 radical (unpaired) electrons. The van der Waals surface area contributed by atoms with Crippen molar-refractivity contribution in [3.63, 3.8) is 0 Å². The van der Waals surface area contributed by atoms with Crippen LogP contribution < -0.4 is 21.3 Å². The molecule has 3 N–H and O–H groups in total. The number of thiophene rings is 1. The number of ether oxygens (including phenoxy) is 1. The van der Waals surface area contributed by atoms with Gasteiger partial charge in [0.2, 0.25) is 11.8 Å². The summed E-state index contributed by atoms with van der Waals surface area (Å²) in [5.74, 6) is -0.0121. The lowest BCUT2D eigenvalue weighted by Gasteiger charge is -2.14. The number of hydrogen-bond acceptors (Lipinski definition) is 7. The average Bonchev–Trinajstić information content (AvgIpc) is 3.27. The fourth-order valence-corrected chi connectivity index (χ4v) is 6.53. The van der Waals surface area contributed by atoms with Gasteiger partial charge in [0.1, 0.15) is 10.6 Å². The molecule has 4 aromatic rings. The van der Waals surface area contributed by atoms with E-state index in [1.165, 1.54) is 16.6 Å². The Hall–Kier alpha value is -3.63. The van der Waals surface area contributed by atoms with Gasteiger partial charge in [-0.2, -0.15) is 0 Å². The summed E-state index contributed by atoms with van der Waals surface area (Å²) in [5.41, 5.74) is 7.87. The smallest absolute Gasteiger partial charge is 0.267 e. The number of carbonyl (C=O) groups excluding carboxylic acids is 2. The van der Waals surface area contributed by atoms with Crippen LogP contribution >= 0.6 is 23.1 Å². The van der Waals surface area contributed by atoms with Gasteiger partial charge in [-0.15, -0.1) is 11.3 Å². The van der Waals surface area contributed by atoms with Crippen LogP contribution in [0.4, 0.5) is 5.69 Å². The monoisotopic (exact) mass is 534 g/mol. The molecule has 10 heteroatoms. The van der Waals surface area contributed by atoms with Crippen LogP contribution in [0.15, 0.2) is 58.5 Å². The highest BCUT2D eigenvalue weighted by Crippen LogP contribution is 2.35. The Kier molecular flexibility index (Phi) is 7.29. The number of fused-ring (bicyclic) bond motifs is 3. The van der Waals surface area contributed by atoms with Crippen LogP contribution in [-0.4, -0.2) is 33.7 Å². The quantitative estimate of drug-likeness (QED) is 0.253. The van der Waals surface area contributed by atoms with Crippen molar-refractivity contribution in [1.29, 1.82) is 0 Å². The number of rotatable bonds is 8. The van der Waals surface area contributed by atoms with Crippen molar-refractivity contribution in [2.75, 3.05) is 17.7 Å². The van der Waals surface area contributed by atoms with E-state index in [0.717, 1.165) is 41.8 Å². The van der Waals surface area contributed by atoms with E-state index in [1.807, 2.05) is 31.2 Å². The number of amides is 2. The maximum Gasteiger partial charge on any atom is 0.267 e. The number of nitrogens with one attached hydrogen (secondary N) is 1. The zero-order valence-corrected chi connectivity index (χ0v) is 21.9. The zero-order valence-electron chi connectivity index (χ0n) is 20.3. The molecule has 1 aliphatic carbocycles. The number of aromatic nitrogens is 2. The minimum atomic E-state index is -0.530. The lowest BCUT2D eigenvalue weighted by molar-refractivity contribution is -0.113. The number of benzene rings is 2. The van der Waals surface area contributed by atoms with Gasteiger partial charge < -0.3 is 15.8 Å². The normalized spacial score (nSPS) is 12.8. The van der Waals surface area contributed by atoms with Crippen LogP contribution in [0.1, 0.15) is 40.6 Å². The molecule has 0 unspecified atom stereocenters. The predicted octanol–water partition coefficient (Wildman–Crippen LogP) is 4.55. The number of hydrogen-bond donors (Lipinski definition) is 2. The first-order valence-corrected chi connectivity index (χ1v) is 13.9. The molecule has 2 heterocycles. The van der Waals surface area contributed by atoms with Gasteiger partial charge in [0.25, 0.3) is 5.56 Å². The minimum absolute atomic E-state index is 0.0532. The Bertz CT molecular complexity index is 1530. The maximum absolute atomic E-state index is 13.9. The van der Waals surface area contributed by atoms with E-state index < -0.39 is 5.91 Å². The van der Waals surface area contributed by atoms with Gasteiger partial charge in [-0.25, -0.2) is 4.98 Å². The Labute approximate surface area is 221 Å². The number of primary amides is 1. The van der Waals surface area contributed by atoms with Crippen molar-refractivity contribution in [2.45, 2.75) is 37.8 Å². The van der Waals surface area contributed by atoms with E-state index in [1.54, 1.807) is 40.2 Å². The second-order valence-corrected chi connectivity index (χ2v) is 10.7. The highest BCUT2D eigenvalue weighted by Gasteiger charge is 2.23. The van der Waals surface area contributed by atoms with Crippen molar-refractivity contribution in [3.8, 4) is 11.4 Å². The average molecular weight is 535 g/mol. The highest BCUT2D eigenvalue weighted by atomic mass is 32.2. The molecule has 8 nitrogen and oxygen atoms in total. The van der Waals surface area contributed by atoms with Gasteiger partial charge in [-0.05, 0) is 86.7 Å². The third-order valence-electron chi connectivity index (χ3n) is 6.15. The van der Waals surface area contributed by atoms with Crippen molar-refractivity contribution in [3.05, 3.63) is 74.9 Å². The predicted molar refractivity (Wildman–Crippen MR) is 147 cm³/mol. The molecule has 190 valence electrons. The van der Waals surface area contributed by atoms with Crippen LogP contribution in [0.3, 0.4) is 0 Å². The number of anilines is 1. The number of carbonyl (C=O) groups is 2. The SMILES string of the molecule is CCOc1ccc(-n2c(SCC(=O)Nc3ccc(C(N)=O)cc3)nc3sc4c(c3c2=O)CCCC4)cc1. The third-order valence-corrected chi connectivity index (χ3v) is 8.27. The van der Waals surface area contributed by atoms with Gasteiger partial charge in [-0.1, -0.05) is 11.8 Å². The van der Waals surface area contributed by atoms with Crippen molar-refractivity contribution in [2.24, 2.45) is 5.73 Å².